The van der Waals surface area contributed by atoms with Gasteiger partial charge in [-0.15, -0.1) is 0 Å². The Morgan fingerprint density at radius 3 is 2.40 bits per heavy atom. The molecule has 0 unspecified atom stereocenters. The van der Waals surface area contributed by atoms with E-state index in [9.17, 15) is 4.79 Å². The number of aliphatic hydroxyl groups is 2. The minimum atomic E-state index is -0.943. The minimum absolute atomic E-state index is 0.225. The van der Waals surface area contributed by atoms with Crippen molar-refractivity contribution in [3.63, 3.8) is 0 Å². The van der Waals surface area contributed by atoms with Crippen LogP contribution in [0.3, 0.4) is 0 Å². The van der Waals surface area contributed by atoms with Crippen LogP contribution in [0.15, 0.2) is 0 Å². The first-order chi connectivity index (χ1) is 7.08. The standard InChI is InChI=1S/C10H21NO4/c1-3-5-15-6-4-9(14)11-10(2,7-12)8-13/h12-13H,3-8H2,1-2H3,(H,11,14). The van der Waals surface area contributed by atoms with E-state index in [2.05, 4.69) is 5.32 Å². The molecule has 0 aliphatic carbocycles. The summed E-state index contributed by atoms with van der Waals surface area (Å²) in [5.74, 6) is -0.225. The Morgan fingerprint density at radius 1 is 1.33 bits per heavy atom. The first-order valence-electron chi connectivity index (χ1n) is 5.18. The Labute approximate surface area is 90.4 Å². The Balaban J connectivity index is 3.72. The summed E-state index contributed by atoms with van der Waals surface area (Å²) < 4.78 is 5.15. The lowest BCUT2D eigenvalue weighted by molar-refractivity contribution is -0.125. The maximum atomic E-state index is 11.3. The zero-order valence-corrected chi connectivity index (χ0v) is 9.45. The second-order valence-corrected chi connectivity index (χ2v) is 3.79. The third-order valence-electron chi connectivity index (χ3n) is 1.96. The third kappa shape index (κ3) is 6.43. The van der Waals surface area contributed by atoms with Crippen molar-refractivity contribution in [1.82, 2.24) is 5.32 Å². The second-order valence-electron chi connectivity index (χ2n) is 3.79. The fraction of sp³-hybridized carbons (Fsp3) is 0.900. The van der Waals surface area contributed by atoms with Gasteiger partial charge in [0.15, 0.2) is 0 Å². The molecule has 0 radical (unpaired) electrons. The van der Waals surface area contributed by atoms with Crippen molar-refractivity contribution in [2.45, 2.75) is 32.2 Å². The predicted octanol–water partition coefficient (Wildman–Crippen LogP) is -0.337. The molecule has 0 aliphatic rings. The molecule has 5 heteroatoms. The van der Waals surface area contributed by atoms with Gasteiger partial charge in [-0.05, 0) is 13.3 Å². The third-order valence-corrected chi connectivity index (χ3v) is 1.96. The van der Waals surface area contributed by atoms with Crippen LogP contribution in [-0.4, -0.2) is 48.1 Å². The van der Waals surface area contributed by atoms with Crippen LogP contribution in [0.4, 0.5) is 0 Å². The van der Waals surface area contributed by atoms with Crippen LogP contribution >= 0.6 is 0 Å². The summed E-state index contributed by atoms with van der Waals surface area (Å²) in [6.45, 7) is 4.01. The Morgan fingerprint density at radius 2 is 1.93 bits per heavy atom. The minimum Gasteiger partial charge on any atom is -0.394 e. The van der Waals surface area contributed by atoms with E-state index >= 15 is 0 Å². The largest absolute Gasteiger partial charge is 0.394 e. The monoisotopic (exact) mass is 219 g/mol. The maximum absolute atomic E-state index is 11.3. The number of hydrogen-bond acceptors (Lipinski definition) is 4. The Bertz CT molecular complexity index is 180. The quantitative estimate of drug-likeness (QED) is 0.488. The van der Waals surface area contributed by atoms with Gasteiger partial charge in [0.25, 0.3) is 0 Å². The SMILES string of the molecule is CCCOCCC(=O)NC(C)(CO)CO. The van der Waals surface area contributed by atoms with Crippen LogP contribution in [0.2, 0.25) is 0 Å². The zero-order valence-electron chi connectivity index (χ0n) is 9.45. The molecule has 0 saturated carbocycles. The van der Waals surface area contributed by atoms with Crippen LogP contribution in [0.25, 0.3) is 0 Å². The Hall–Kier alpha value is -0.650. The molecule has 0 spiro atoms. The van der Waals surface area contributed by atoms with Gasteiger partial charge in [-0.2, -0.15) is 0 Å². The number of aliphatic hydroxyl groups excluding tert-OH is 2. The summed E-state index contributed by atoms with van der Waals surface area (Å²) in [5.41, 5.74) is -0.943. The van der Waals surface area contributed by atoms with E-state index < -0.39 is 5.54 Å². The summed E-state index contributed by atoms with van der Waals surface area (Å²) in [6, 6.07) is 0. The molecule has 0 saturated heterocycles. The molecular weight excluding hydrogens is 198 g/mol. The van der Waals surface area contributed by atoms with Gasteiger partial charge >= 0.3 is 0 Å². The molecule has 0 aliphatic heterocycles. The molecule has 0 atom stereocenters. The Kier molecular flexibility index (Phi) is 7.29. The number of carbonyl (C=O) groups excluding carboxylic acids is 1. The molecule has 0 aromatic heterocycles. The number of amides is 1. The second kappa shape index (κ2) is 7.62. The highest BCUT2D eigenvalue weighted by Crippen LogP contribution is 2.01. The first kappa shape index (κ1) is 14.3. The molecule has 15 heavy (non-hydrogen) atoms. The average molecular weight is 219 g/mol. The van der Waals surface area contributed by atoms with Crippen molar-refractivity contribution >= 4 is 5.91 Å². The van der Waals surface area contributed by atoms with Gasteiger partial charge in [-0.1, -0.05) is 6.92 Å². The van der Waals surface area contributed by atoms with Gasteiger partial charge in [0.1, 0.15) is 0 Å². The number of rotatable bonds is 8. The molecule has 0 aromatic carbocycles. The normalized spacial score (nSPS) is 11.5. The number of carbonyl (C=O) groups is 1. The van der Waals surface area contributed by atoms with E-state index in [1.54, 1.807) is 6.92 Å². The first-order valence-corrected chi connectivity index (χ1v) is 5.18. The lowest BCUT2D eigenvalue weighted by Gasteiger charge is -2.26. The van der Waals surface area contributed by atoms with Crippen LogP contribution in [-0.2, 0) is 9.53 Å². The number of hydrogen-bond donors (Lipinski definition) is 3. The fourth-order valence-corrected chi connectivity index (χ4v) is 0.939. The van der Waals surface area contributed by atoms with Crippen molar-refractivity contribution in [1.29, 1.82) is 0 Å². The van der Waals surface area contributed by atoms with Crippen molar-refractivity contribution in [2.75, 3.05) is 26.4 Å². The smallest absolute Gasteiger partial charge is 0.222 e. The van der Waals surface area contributed by atoms with E-state index in [4.69, 9.17) is 14.9 Å². The molecule has 1 amide bonds. The topological polar surface area (TPSA) is 78.8 Å². The molecular formula is C10H21NO4. The van der Waals surface area contributed by atoms with Crippen LogP contribution in [0, 0.1) is 0 Å². The number of ether oxygens (including phenoxy) is 1. The van der Waals surface area contributed by atoms with Crippen LogP contribution in [0.5, 0.6) is 0 Å². The van der Waals surface area contributed by atoms with E-state index in [1.807, 2.05) is 6.92 Å². The molecule has 3 N–H and O–H groups in total. The van der Waals surface area contributed by atoms with Gasteiger partial charge in [0.2, 0.25) is 5.91 Å². The van der Waals surface area contributed by atoms with Gasteiger partial charge < -0.3 is 20.3 Å². The predicted molar refractivity (Wildman–Crippen MR) is 56.4 cm³/mol. The fourth-order valence-electron chi connectivity index (χ4n) is 0.939. The molecule has 0 fully saturated rings. The van der Waals surface area contributed by atoms with Gasteiger partial charge in [-0.3, -0.25) is 4.79 Å². The zero-order chi connectivity index (χ0) is 11.7. The highest BCUT2D eigenvalue weighted by molar-refractivity contribution is 5.76. The summed E-state index contributed by atoms with van der Waals surface area (Å²) >= 11 is 0. The van der Waals surface area contributed by atoms with Gasteiger partial charge in [0, 0.05) is 13.0 Å². The molecule has 90 valence electrons. The van der Waals surface area contributed by atoms with Gasteiger partial charge in [-0.25, -0.2) is 0 Å². The molecule has 5 nitrogen and oxygen atoms in total. The summed E-state index contributed by atoms with van der Waals surface area (Å²) in [5, 5.41) is 20.4. The molecule has 0 aromatic rings. The highest BCUT2D eigenvalue weighted by Gasteiger charge is 2.23. The molecule has 0 heterocycles. The molecule has 0 rings (SSSR count). The average Bonchev–Trinajstić information content (AvgIpc) is 2.24. The lowest BCUT2D eigenvalue weighted by atomic mass is 10.1. The maximum Gasteiger partial charge on any atom is 0.222 e. The van der Waals surface area contributed by atoms with E-state index in [1.165, 1.54) is 0 Å². The van der Waals surface area contributed by atoms with Crippen LogP contribution in [0.1, 0.15) is 26.7 Å². The van der Waals surface area contributed by atoms with Crippen molar-refractivity contribution < 1.29 is 19.7 Å². The number of nitrogens with one attached hydrogen (secondary N) is 1. The summed E-state index contributed by atoms with van der Waals surface area (Å²) in [4.78, 5) is 11.3. The van der Waals surface area contributed by atoms with Crippen LogP contribution < -0.4 is 5.32 Å². The summed E-state index contributed by atoms with van der Waals surface area (Å²) in [6.07, 6.45) is 1.17. The van der Waals surface area contributed by atoms with Crippen molar-refractivity contribution in [2.24, 2.45) is 0 Å². The van der Waals surface area contributed by atoms with E-state index in [0.29, 0.717) is 13.2 Å². The van der Waals surface area contributed by atoms with Crippen molar-refractivity contribution in [3.8, 4) is 0 Å². The summed E-state index contributed by atoms with van der Waals surface area (Å²) in [7, 11) is 0. The van der Waals surface area contributed by atoms with Crippen molar-refractivity contribution in [3.05, 3.63) is 0 Å². The van der Waals surface area contributed by atoms with E-state index in [-0.39, 0.29) is 25.5 Å². The highest BCUT2D eigenvalue weighted by atomic mass is 16.5. The van der Waals surface area contributed by atoms with E-state index in [0.717, 1.165) is 6.42 Å². The molecule has 0 bridgehead atoms. The van der Waals surface area contributed by atoms with Gasteiger partial charge in [0.05, 0.1) is 25.4 Å². The lowest BCUT2D eigenvalue weighted by Crippen LogP contribution is -2.51.